The summed E-state index contributed by atoms with van der Waals surface area (Å²) in [4.78, 5) is 58.0. The first kappa shape index (κ1) is 36.1. The van der Waals surface area contributed by atoms with Gasteiger partial charge in [-0.1, -0.05) is 6.07 Å². The summed E-state index contributed by atoms with van der Waals surface area (Å²) < 4.78 is 39.5. The van der Waals surface area contributed by atoms with Crippen LogP contribution in [0.2, 0.25) is 5.28 Å². The molecule has 1 aliphatic carbocycles. The Morgan fingerprint density at radius 3 is 2.39 bits per heavy atom. The highest BCUT2D eigenvalue weighted by molar-refractivity contribution is 6.28. The Hall–Kier alpha value is -4.85. The first-order valence-corrected chi connectivity index (χ1v) is 19.0. The summed E-state index contributed by atoms with van der Waals surface area (Å²) >= 11 is 6.25. The van der Waals surface area contributed by atoms with Crippen LogP contribution < -0.4 is 5.69 Å². The molecule has 54 heavy (non-hydrogen) atoms. The summed E-state index contributed by atoms with van der Waals surface area (Å²) in [7, 11) is 0. The van der Waals surface area contributed by atoms with Crippen molar-refractivity contribution in [2.75, 3.05) is 19.6 Å². The third-order valence-electron chi connectivity index (χ3n) is 11.2. The van der Waals surface area contributed by atoms with Crippen LogP contribution in [0, 0.1) is 17.6 Å². The monoisotopic (exact) mass is 760 g/mol. The molecule has 284 valence electrons. The zero-order valence-electron chi connectivity index (χ0n) is 30.6. The van der Waals surface area contributed by atoms with E-state index in [0.717, 1.165) is 22.7 Å². The predicted octanol–water partition coefficient (Wildman–Crippen LogP) is 6.81. The summed E-state index contributed by atoms with van der Waals surface area (Å²) in [5, 5.41) is 1.03. The van der Waals surface area contributed by atoms with Gasteiger partial charge in [0.1, 0.15) is 28.4 Å². The van der Waals surface area contributed by atoms with Crippen molar-refractivity contribution in [1.82, 2.24) is 38.5 Å². The molecule has 12 nitrogen and oxygen atoms in total. The van der Waals surface area contributed by atoms with E-state index in [1.165, 1.54) is 12.1 Å². The second-order valence-corrected chi connectivity index (χ2v) is 16.0. The summed E-state index contributed by atoms with van der Waals surface area (Å²) in [6.45, 7) is 7.50. The lowest BCUT2D eigenvalue weighted by molar-refractivity contribution is -0.137. The molecule has 1 saturated heterocycles. The fourth-order valence-corrected chi connectivity index (χ4v) is 8.72. The molecule has 0 radical (unpaired) electrons. The number of imidazole rings is 1. The number of carbonyl (C=O) groups excluding carboxylic acids is 2. The minimum atomic E-state index is -0.633. The molecule has 1 saturated carbocycles. The van der Waals surface area contributed by atoms with Crippen molar-refractivity contribution in [3.05, 3.63) is 86.9 Å². The molecule has 0 spiro atoms. The van der Waals surface area contributed by atoms with Gasteiger partial charge in [-0.15, -0.1) is 0 Å². The normalized spacial score (nSPS) is 19.7. The number of carbonyl (C=O) groups is 2. The summed E-state index contributed by atoms with van der Waals surface area (Å²) in [5.74, 6) is -1.40. The molecule has 0 atom stereocenters. The van der Waals surface area contributed by atoms with Crippen LogP contribution in [0.1, 0.15) is 88.2 Å². The minimum Gasteiger partial charge on any atom is -0.444 e. The van der Waals surface area contributed by atoms with Crippen LogP contribution in [0.4, 0.5) is 13.6 Å². The van der Waals surface area contributed by atoms with Crippen molar-refractivity contribution in [3.63, 3.8) is 0 Å². The lowest BCUT2D eigenvalue weighted by Crippen LogP contribution is -2.43. The van der Waals surface area contributed by atoms with Gasteiger partial charge in [0.15, 0.2) is 5.65 Å². The highest BCUT2D eigenvalue weighted by atomic mass is 35.5. The first-order chi connectivity index (χ1) is 25.9. The molecular weight excluding hydrogens is 718 g/mol. The number of hydrogen-bond donors (Lipinski definition) is 0. The predicted molar refractivity (Wildman–Crippen MR) is 198 cm³/mol. The Kier molecular flexibility index (Phi) is 9.43. The molecule has 2 fully saturated rings. The van der Waals surface area contributed by atoms with Gasteiger partial charge in [0, 0.05) is 66.5 Å². The van der Waals surface area contributed by atoms with Crippen molar-refractivity contribution in [3.8, 4) is 0 Å². The standard InChI is InChI=1S/C39H43ClF2N8O4/c1-39(2,3)54-38(53)46-16-12-27(13-17-46)50-34-31(20-44-36(40)45-34)49(37(50)52)26-10-7-23(8-11-26)35(51)47-18-14-28-29-5-4-15-43-33(29)48(32(28)22-47)21-24-6-9-25(41)19-30(24)42/h4-6,9,15,19-20,23,26-27H,7-8,10-14,16-18,21-22H2,1-3H3/t23-,26-. The van der Waals surface area contributed by atoms with Gasteiger partial charge < -0.3 is 19.1 Å². The van der Waals surface area contributed by atoms with Crippen LogP contribution >= 0.6 is 11.6 Å². The SMILES string of the molecule is CC(C)(C)OC(=O)N1CCC(n2c(=O)n([C@H]3CC[C@H](C(=O)N4CCc5c(n(Cc6ccc(F)cc6F)c6ncccc56)C4)CC3)c3cnc(Cl)nc32)CC1. The van der Waals surface area contributed by atoms with Gasteiger partial charge in [0.25, 0.3) is 0 Å². The first-order valence-electron chi connectivity index (χ1n) is 18.7. The quantitative estimate of drug-likeness (QED) is 0.181. The summed E-state index contributed by atoms with van der Waals surface area (Å²) in [5.41, 5.74) is 3.37. The highest BCUT2D eigenvalue weighted by Crippen LogP contribution is 2.37. The van der Waals surface area contributed by atoms with Crippen LogP contribution in [0.25, 0.3) is 22.2 Å². The smallest absolute Gasteiger partial charge is 0.410 e. The molecule has 5 aromatic rings. The lowest BCUT2D eigenvalue weighted by Gasteiger charge is -2.35. The maximum atomic E-state index is 14.8. The second-order valence-electron chi connectivity index (χ2n) is 15.7. The zero-order valence-corrected chi connectivity index (χ0v) is 31.4. The molecule has 1 aromatic carbocycles. The molecule has 15 heteroatoms. The van der Waals surface area contributed by atoms with Crippen LogP contribution in [0.5, 0.6) is 0 Å². The molecule has 6 heterocycles. The maximum Gasteiger partial charge on any atom is 0.410 e. The van der Waals surface area contributed by atoms with Gasteiger partial charge in [0.05, 0.1) is 19.3 Å². The molecule has 8 rings (SSSR count). The van der Waals surface area contributed by atoms with Crippen molar-refractivity contribution < 1.29 is 23.1 Å². The van der Waals surface area contributed by atoms with E-state index in [-0.39, 0.29) is 47.5 Å². The molecule has 0 bridgehead atoms. The Morgan fingerprint density at radius 1 is 0.926 bits per heavy atom. The topological polar surface area (TPSA) is 120 Å². The number of benzene rings is 1. The van der Waals surface area contributed by atoms with Crippen LogP contribution in [-0.2, 0) is 29.0 Å². The van der Waals surface area contributed by atoms with E-state index in [1.807, 2.05) is 42.4 Å². The molecule has 4 aromatic heterocycles. The molecule has 0 N–H and O–H groups in total. The van der Waals surface area contributed by atoms with Gasteiger partial charge in [-0.25, -0.2) is 28.3 Å². The van der Waals surface area contributed by atoms with Gasteiger partial charge in [-0.05, 0) is 101 Å². The lowest BCUT2D eigenvalue weighted by atomic mass is 9.84. The van der Waals surface area contributed by atoms with Crippen LogP contribution in [0.15, 0.2) is 47.5 Å². The third kappa shape index (κ3) is 6.73. The highest BCUT2D eigenvalue weighted by Gasteiger charge is 2.36. The fourth-order valence-electron chi connectivity index (χ4n) is 8.60. The fraction of sp³-hybridized carbons (Fsp3) is 0.487. The van der Waals surface area contributed by atoms with E-state index in [4.69, 9.17) is 16.3 Å². The molecule has 0 unspecified atom stereocenters. The molecular formula is C39H43ClF2N8O4. The van der Waals surface area contributed by atoms with Crippen LogP contribution in [0.3, 0.4) is 0 Å². The van der Waals surface area contributed by atoms with Crippen molar-refractivity contribution in [2.24, 2.45) is 5.92 Å². The van der Waals surface area contributed by atoms with Crippen molar-refractivity contribution in [1.29, 1.82) is 0 Å². The number of fused-ring (bicyclic) bond motifs is 4. The van der Waals surface area contributed by atoms with Gasteiger partial charge >= 0.3 is 11.8 Å². The maximum absolute atomic E-state index is 14.8. The summed E-state index contributed by atoms with van der Waals surface area (Å²) in [6.07, 6.45) is 7.19. The van der Waals surface area contributed by atoms with E-state index in [2.05, 4.69) is 15.0 Å². The average molecular weight is 761 g/mol. The van der Waals surface area contributed by atoms with Crippen LogP contribution in [-0.4, -0.2) is 75.7 Å². The number of halogens is 3. The number of rotatable bonds is 5. The number of hydrogen-bond acceptors (Lipinski definition) is 7. The number of aromatic nitrogens is 6. The number of ether oxygens (including phenoxy) is 1. The average Bonchev–Trinajstić information content (AvgIpc) is 3.61. The number of piperidine rings is 1. The zero-order chi connectivity index (χ0) is 37.9. The summed E-state index contributed by atoms with van der Waals surface area (Å²) in [6, 6.07) is 7.14. The van der Waals surface area contributed by atoms with E-state index >= 15 is 0 Å². The van der Waals surface area contributed by atoms with Crippen molar-refractivity contribution in [2.45, 2.75) is 96.5 Å². The Labute approximate surface area is 315 Å². The molecule has 2 aliphatic heterocycles. The Balaban J connectivity index is 0.983. The van der Waals surface area contributed by atoms with E-state index < -0.39 is 17.2 Å². The second kappa shape index (κ2) is 14.1. The largest absolute Gasteiger partial charge is 0.444 e. The van der Waals surface area contributed by atoms with Gasteiger partial charge in [-0.3, -0.25) is 13.9 Å². The number of pyridine rings is 1. The Bertz CT molecular complexity index is 2320. The Morgan fingerprint density at radius 2 is 1.67 bits per heavy atom. The minimum absolute atomic E-state index is 0.0520. The van der Waals surface area contributed by atoms with Gasteiger partial charge in [0.2, 0.25) is 11.2 Å². The van der Waals surface area contributed by atoms with E-state index in [1.54, 1.807) is 26.4 Å². The van der Waals surface area contributed by atoms with E-state index in [0.29, 0.717) is 93.5 Å². The molecule has 3 aliphatic rings. The van der Waals surface area contributed by atoms with E-state index in [9.17, 15) is 23.2 Å². The molecule has 2 amide bonds. The van der Waals surface area contributed by atoms with Crippen molar-refractivity contribution >= 4 is 45.8 Å². The van der Waals surface area contributed by atoms with Gasteiger partial charge in [-0.2, -0.15) is 4.98 Å². The third-order valence-corrected chi connectivity index (χ3v) is 11.4. The number of amides is 2. The number of nitrogens with zero attached hydrogens (tertiary/aromatic N) is 8. The number of likely N-dealkylation sites (tertiary alicyclic amines) is 1.